The van der Waals surface area contributed by atoms with Gasteiger partial charge in [-0.1, -0.05) is 44.5 Å². The summed E-state index contributed by atoms with van der Waals surface area (Å²) in [6.45, 7) is 6.96. The number of hydrogen-bond acceptors (Lipinski definition) is 3. The minimum Gasteiger partial charge on any atom is -0.484 e. The third-order valence-electron chi connectivity index (χ3n) is 5.50. The monoisotopic (exact) mass is 398 g/mol. The van der Waals surface area contributed by atoms with Gasteiger partial charge >= 0.3 is 0 Å². The number of carbonyl (C=O) groups is 1. The minimum absolute atomic E-state index is 0.0787. The van der Waals surface area contributed by atoms with E-state index in [1.165, 1.54) is 54.7 Å². The first-order valence-corrected chi connectivity index (χ1v) is 10.5. The van der Waals surface area contributed by atoms with Crippen LogP contribution in [0.4, 0.5) is 4.39 Å². The second kappa shape index (κ2) is 10.4. The number of hydrogen-bond donors (Lipinski definition) is 1. The van der Waals surface area contributed by atoms with Crippen LogP contribution >= 0.6 is 0 Å². The van der Waals surface area contributed by atoms with Gasteiger partial charge in [-0.3, -0.25) is 9.69 Å². The molecule has 1 atom stereocenters. The first kappa shape index (κ1) is 21.3. The standard InChI is InChI=1S/C24H31FN2O2/c1-18(2)19-6-8-20(9-7-19)23(27-14-4-3-5-15-27)16-26-24(28)17-29-22-12-10-21(25)11-13-22/h6-13,18,23H,3-5,14-17H2,1-2H3,(H,26,28)/t23-/m1/s1. The predicted octanol–water partition coefficient (Wildman–Crippen LogP) is 4.67. The molecule has 2 aromatic rings. The molecule has 0 bridgehead atoms. The molecule has 156 valence electrons. The van der Waals surface area contributed by atoms with Gasteiger partial charge in [0.1, 0.15) is 11.6 Å². The summed E-state index contributed by atoms with van der Waals surface area (Å²) in [5.74, 6) is 0.490. The van der Waals surface area contributed by atoms with Gasteiger partial charge in [-0.15, -0.1) is 0 Å². The lowest BCUT2D eigenvalue weighted by atomic mass is 9.97. The summed E-state index contributed by atoms with van der Waals surface area (Å²) >= 11 is 0. The Balaban J connectivity index is 1.60. The molecule has 1 aliphatic rings. The first-order chi connectivity index (χ1) is 14.0. The molecule has 0 spiro atoms. The molecule has 0 aliphatic carbocycles. The fourth-order valence-corrected chi connectivity index (χ4v) is 3.73. The van der Waals surface area contributed by atoms with Crippen LogP contribution in [0.3, 0.4) is 0 Å². The van der Waals surface area contributed by atoms with Gasteiger partial charge in [0.2, 0.25) is 0 Å². The fraction of sp³-hybridized carbons (Fsp3) is 0.458. The van der Waals surface area contributed by atoms with Crippen molar-refractivity contribution < 1.29 is 13.9 Å². The van der Waals surface area contributed by atoms with E-state index in [4.69, 9.17) is 4.74 Å². The van der Waals surface area contributed by atoms with Crippen LogP contribution in [-0.2, 0) is 4.79 Å². The Hall–Kier alpha value is -2.40. The topological polar surface area (TPSA) is 41.6 Å². The minimum atomic E-state index is -0.324. The van der Waals surface area contributed by atoms with Crippen molar-refractivity contribution in [2.24, 2.45) is 0 Å². The number of nitrogens with one attached hydrogen (secondary N) is 1. The third-order valence-corrected chi connectivity index (χ3v) is 5.50. The number of rotatable bonds is 8. The summed E-state index contributed by atoms with van der Waals surface area (Å²) in [5.41, 5.74) is 2.55. The Kier molecular flexibility index (Phi) is 7.64. The second-order valence-corrected chi connectivity index (χ2v) is 7.98. The number of amides is 1. The molecule has 3 rings (SSSR count). The zero-order valence-electron chi connectivity index (χ0n) is 17.4. The maximum absolute atomic E-state index is 13.0. The van der Waals surface area contributed by atoms with E-state index in [9.17, 15) is 9.18 Å². The molecule has 1 heterocycles. The van der Waals surface area contributed by atoms with Crippen molar-refractivity contribution in [3.05, 3.63) is 65.5 Å². The van der Waals surface area contributed by atoms with Crippen LogP contribution < -0.4 is 10.1 Å². The normalized spacial score (nSPS) is 15.9. The number of ether oxygens (including phenoxy) is 1. The van der Waals surface area contributed by atoms with E-state index in [2.05, 4.69) is 48.3 Å². The molecule has 29 heavy (non-hydrogen) atoms. The number of carbonyl (C=O) groups excluding carboxylic acids is 1. The quantitative estimate of drug-likeness (QED) is 0.702. The van der Waals surface area contributed by atoms with E-state index in [1.807, 2.05) is 0 Å². The lowest BCUT2D eigenvalue weighted by Gasteiger charge is -2.35. The van der Waals surface area contributed by atoms with Crippen LogP contribution in [0, 0.1) is 5.82 Å². The van der Waals surface area contributed by atoms with Gasteiger partial charge < -0.3 is 10.1 Å². The van der Waals surface area contributed by atoms with Gasteiger partial charge in [0.05, 0.1) is 6.04 Å². The van der Waals surface area contributed by atoms with Gasteiger partial charge in [-0.2, -0.15) is 0 Å². The van der Waals surface area contributed by atoms with E-state index in [0.717, 1.165) is 13.1 Å². The summed E-state index contributed by atoms with van der Waals surface area (Å²) in [6, 6.07) is 14.6. The molecule has 1 amide bonds. The molecule has 0 unspecified atom stereocenters. The van der Waals surface area contributed by atoms with E-state index in [0.29, 0.717) is 18.2 Å². The lowest BCUT2D eigenvalue weighted by molar-refractivity contribution is -0.123. The van der Waals surface area contributed by atoms with Crippen LogP contribution in [0.15, 0.2) is 48.5 Å². The SMILES string of the molecule is CC(C)c1ccc([C@@H](CNC(=O)COc2ccc(F)cc2)N2CCCCC2)cc1. The van der Waals surface area contributed by atoms with Crippen LogP contribution in [0.1, 0.15) is 56.2 Å². The molecule has 5 heteroatoms. The third kappa shape index (κ3) is 6.29. The zero-order valence-corrected chi connectivity index (χ0v) is 17.4. The van der Waals surface area contributed by atoms with Crippen molar-refractivity contribution in [2.75, 3.05) is 26.2 Å². The molecule has 2 aromatic carbocycles. The van der Waals surface area contributed by atoms with Crippen molar-refractivity contribution in [3.8, 4) is 5.75 Å². The molecule has 1 N–H and O–H groups in total. The average molecular weight is 399 g/mol. The largest absolute Gasteiger partial charge is 0.484 e. The van der Waals surface area contributed by atoms with Crippen molar-refractivity contribution in [2.45, 2.75) is 45.1 Å². The highest BCUT2D eigenvalue weighted by Gasteiger charge is 2.23. The van der Waals surface area contributed by atoms with E-state index < -0.39 is 0 Å². The van der Waals surface area contributed by atoms with E-state index >= 15 is 0 Å². The van der Waals surface area contributed by atoms with Crippen LogP contribution in [0.2, 0.25) is 0 Å². The number of benzene rings is 2. The maximum Gasteiger partial charge on any atom is 0.258 e. The Morgan fingerprint density at radius 3 is 2.24 bits per heavy atom. The molecular formula is C24H31FN2O2. The zero-order chi connectivity index (χ0) is 20.6. The highest BCUT2D eigenvalue weighted by Crippen LogP contribution is 2.26. The first-order valence-electron chi connectivity index (χ1n) is 10.5. The number of piperidine rings is 1. The number of likely N-dealkylation sites (tertiary alicyclic amines) is 1. The molecule has 1 fully saturated rings. The van der Waals surface area contributed by atoms with Gasteiger partial charge in [0, 0.05) is 6.54 Å². The molecule has 4 nitrogen and oxygen atoms in total. The van der Waals surface area contributed by atoms with Crippen LogP contribution in [0.5, 0.6) is 5.75 Å². The highest BCUT2D eigenvalue weighted by molar-refractivity contribution is 5.77. The molecular weight excluding hydrogens is 367 g/mol. The molecule has 1 saturated heterocycles. The summed E-state index contributed by atoms with van der Waals surface area (Å²) in [7, 11) is 0. The second-order valence-electron chi connectivity index (χ2n) is 7.98. The van der Waals surface area contributed by atoms with Crippen molar-refractivity contribution in [1.29, 1.82) is 0 Å². The Morgan fingerprint density at radius 1 is 1.00 bits per heavy atom. The average Bonchev–Trinajstić information content (AvgIpc) is 2.74. The Bertz CT molecular complexity index is 768. The van der Waals surface area contributed by atoms with Crippen LogP contribution in [-0.4, -0.2) is 37.0 Å². The molecule has 0 saturated carbocycles. The van der Waals surface area contributed by atoms with Gasteiger partial charge in [0.15, 0.2) is 6.61 Å². The summed E-state index contributed by atoms with van der Waals surface area (Å²) in [4.78, 5) is 14.8. The smallest absolute Gasteiger partial charge is 0.258 e. The van der Waals surface area contributed by atoms with E-state index in [1.54, 1.807) is 0 Å². The van der Waals surface area contributed by atoms with E-state index in [-0.39, 0.29) is 24.4 Å². The fourth-order valence-electron chi connectivity index (χ4n) is 3.73. The van der Waals surface area contributed by atoms with Gasteiger partial charge in [-0.25, -0.2) is 4.39 Å². The van der Waals surface area contributed by atoms with Crippen LogP contribution in [0.25, 0.3) is 0 Å². The Morgan fingerprint density at radius 2 is 1.62 bits per heavy atom. The number of nitrogens with zero attached hydrogens (tertiary/aromatic N) is 1. The highest BCUT2D eigenvalue weighted by atomic mass is 19.1. The van der Waals surface area contributed by atoms with Crippen molar-refractivity contribution in [1.82, 2.24) is 10.2 Å². The molecule has 1 aliphatic heterocycles. The van der Waals surface area contributed by atoms with Gasteiger partial charge in [-0.05, 0) is 67.2 Å². The van der Waals surface area contributed by atoms with Crippen molar-refractivity contribution in [3.63, 3.8) is 0 Å². The lowest BCUT2D eigenvalue weighted by Crippen LogP contribution is -2.41. The Labute approximate surface area is 173 Å². The predicted molar refractivity (Wildman–Crippen MR) is 114 cm³/mol. The summed E-state index contributed by atoms with van der Waals surface area (Å²) in [6.07, 6.45) is 3.66. The maximum atomic E-state index is 13.0. The summed E-state index contributed by atoms with van der Waals surface area (Å²) < 4.78 is 18.4. The molecule has 0 radical (unpaired) electrons. The summed E-state index contributed by atoms with van der Waals surface area (Å²) in [5, 5.41) is 3.02. The van der Waals surface area contributed by atoms with Gasteiger partial charge in [0.25, 0.3) is 5.91 Å². The van der Waals surface area contributed by atoms with Crippen molar-refractivity contribution >= 4 is 5.91 Å². The number of halogens is 1. The molecule has 0 aromatic heterocycles.